The molecule has 1 aromatic carbocycles. The molecular formula is C14H22O2SSi. The van der Waals surface area contributed by atoms with Gasteiger partial charge in [0.1, 0.15) is 5.78 Å². The number of benzene rings is 1. The summed E-state index contributed by atoms with van der Waals surface area (Å²) in [5.41, 5.74) is 1.14. The molecule has 2 nitrogen and oxygen atoms in total. The minimum Gasteiger partial charge on any atom is -0.299 e. The van der Waals surface area contributed by atoms with Gasteiger partial charge in [-0.15, -0.1) is 0 Å². The molecule has 0 N–H and O–H groups in total. The Hall–Kier alpha value is -0.743. The summed E-state index contributed by atoms with van der Waals surface area (Å²) in [5, 5.41) is -0.348. The first-order valence-corrected chi connectivity index (χ1v) is 11.1. The van der Waals surface area contributed by atoms with Gasteiger partial charge < -0.3 is 0 Å². The SMILES string of the molecule is CC(=O)[C@H](C[Si](C)(C)C)[S@@](=O)c1ccc(C)cc1. The first kappa shape index (κ1) is 15.3. The number of hydrogen-bond donors (Lipinski definition) is 0. The first-order chi connectivity index (χ1) is 8.20. The zero-order valence-corrected chi connectivity index (χ0v) is 13.6. The molecule has 1 aromatic rings. The molecule has 0 heterocycles. The van der Waals surface area contributed by atoms with Crippen molar-refractivity contribution in [2.75, 3.05) is 0 Å². The molecule has 1 rings (SSSR count). The number of aryl methyl sites for hydroxylation is 1. The molecule has 2 atom stereocenters. The quantitative estimate of drug-likeness (QED) is 0.776. The van der Waals surface area contributed by atoms with Gasteiger partial charge in [0.25, 0.3) is 0 Å². The number of Topliss-reactive ketones (excluding diaryl/α,β-unsaturated/α-hetero) is 1. The topological polar surface area (TPSA) is 34.1 Å². The van der Waals surface area contributed by atoms with Gasteiger partial charge in [0, 0.05) is 13.0 Å². The van der Waals surface area contributed by atoms with E-state index in [1.807, 2.05) is 31.2 Å². The molecule has 0 spiro atoms. The normalized spacial score (nSPS) is 15.2. The maximum Gasteiger partial charge on any atom is 0.145 e. The van der Waals surface area contributed by atoms with Crippen LogP contribution in [0.25, 0.3) is 0 Å². The Kier molecular flexibility index (Phi) is 5.05. The summed E-state index contributed by atoms with van der Waals surface area (Å²) < 4.78 is 12.5. The fourth-order valence-electron chi connectivity index (χ4n) is 1.76. The number of rotatable bonds is 5. The van der Waals surface area contributed by atoms with Gasteiger partial charge in [-0.05, 0) is 32.0 Å². The van der Waals surface area contributed by atoms with E-state index in [0.29, 0.717) is 0 Å². The van der Waals surface area contributed by atoms with E-state index in [9.17, 15) is 9.00 Å². The average molecular weight is 282 g/mol. The molecule has 0 radical (unpaired) electrons. The second-order valence-corrected chi connectivity index (χ2v) is 13.1. The summed E-state index contributed by atoms with van der Waals surface area (Å²) in [6.07, 6.45) is 0. The Morgan fingerprint density at radius 1 is 1.22 bits per heavy atom. The lowest BCUT2D eigenvalue weighted by Gasteiger charge is -2.22. The summed E-state index contributed by atoms with van der Waals surface area (Å²) in [6.45, 7) is 10.2. The van der Waals surface area contributed by atoms with E-state index in [4.69, 9.17) is 0 Å². The van der Waals surface area contributed by atoms with E-state index >= 15 is 0 Å². The molecule has 0 bridgehead atoms. The van der Waals surface area contributed by atoms with Crippen molar-refractivity contribution >= 4 is 24.7 Å². The van der Waals surface area contributed by atoms with E-state index in [1.54, 1.807) is 6.92 Å². The Bertz CT molecular complexity index is 446. The highest BCUT2D eigenvalue weighted by Gasteiger charge is 2.29. The van der Waals surface area contributed by atoms with Crippen molar-refractivity contribution in [3.05, 3.63) is 29.8 Å². The Balaban J connectivity index is 2.96. The van der Waals surface area contributed by atoms with E-state index in [2.05, 4.69) is 19.6 Å². The van der Waals surface area contributed by atoms with Crippen molar-refractivity contribution < 1.29 is 9.00 Å². The van der Waals surface area contributed by atoms with Crippen molar-refractivity contribution in [2.45, 2.75) is 49.7 Å². The Labute approximate surface area is 113 Å². The van der Waals surface area contributed by atoms with Crippen LogP contribution in [0.3, 0.4) is 0 Å². The van der Waals surface area contributed by atoms with E-state index in [-0.39, 0.29) is 11.0 Å². The maximum atomic E-state index is 12.5. The fourth-order valence-corrected chi connectivity index (χ4v) is 6.30. The van der Waals surface area contributed by atoms with Crippen molar-refractivity contribution in [3.8, 4) is 0 Å². The van der Waals surface area contributed by atoms with Crippen LogP contribution < -0.4 is 0 Å². The number of carbonyl (C=O) groups excluding carboxylic acids is 1. The van der Waals surface area contributed by atoms with Gasteiger partial charge in [0.15, 0.2) is 0 Å². The minimum absolute atomic E-state index is 0.0383. The average Bonchev–Trinajstić information content (AvgIpc) is 2.24. The van der Waals surface area contributed by atoms with Gasteiger partial charge in [-0.25, -0.2) is 0 Å². The van der Waals surface area contributed by atoms with Crippen LogP contribution in [0.5, 0.6) is 0 Å². The lowest BCUT2D eigenvalue weighted by molar-refractivity contribution is -0.116. The molecule has 0 aromatic heterocycles. The van der Waals surface area contributed by atoms with Crippen LogP contribution >= 0.6 is 0 Å². The molecule has 0 unspecified atom stereocenters. The molecule has 100 valence electrons. The summed E-state index contributed by atoms with van der Waals surface area (Å²) in [6, 6.07) is 8.40. The first-order valence-electron chi connectivity index (χ1n) is 6.18. The fraction of sp³-hybridized carbons (Fsp3) is 0.500. The molecular weight excluding hydrogens is 260 g/mol. The molecule has 0 saturated carbocycles. The van der Waals surface area contributed by atoms with Crippen LogP contribution in [0.2, 0.25) is 25.7 Å². The van der Waals surface area contributed by atoms with Crippen molar-refractivity contribution in [1.29, 1.82) is 0 Å². The van der Waals surface area contributed by atoms with Gasteiger partial charge >= 0.3 is 0 Å². The molecule has 0 saturated heterocycles. The van der Waals surface area contributed by atoms with E-state index in [0.717, 1.165) is 16.5 Å². The van der Waals surface area contributed by atoms with Gasteiger partial charge in [0.05, 0.1) is 16.0 Å². The summed E-state index contributed by atoms with van der Waals surface area (Å²) in [5.74, 6) is 0.0383. The number of ketones is 1. The van der Waals surface area contributed by atoms with Gasteiger partial charge in [0.2, 0.25) is 0 Å². The van der Waals surface area contributed by atoms with Crippen LogP contribution in [0.15, 0.2) is 29.2 Å². The zero-order chi connectivity index (χ0) is 13.9. The maximum absolute atomic E-state index is 12.5. The van der Waals surface area contributed by atoms with Crippen molar-refractivity contribution in [1.82, 2.24) is 0 Å². The summed E-state index contributed by atoms with van der Waals surface area (Å²) >= 11 is 0. The Morgan fingerprint density at radius 3 is 2.11 bits per heavy atom. The lowest BCUT2D eigenvalue weighted by Crippen LogP contribution is -2.34. The molecule has 4 heteroatoms. The zero-order valence-electron chi connectivity index (χ0n) is 11.8. The second kappa shape index (κ2) is 5.93. The molecule has 0 aliphatic heterocycles. The van der Waals surface area contributed by atoms with E-state index < -0.39 is 18.9 Å². The molecule has 0 fully saturated rings. The van der Waals surface area contributed by atoms with Crippen molar-refractivity contribution in [3.63, 3.8) is 0 Å². The Morgan fingerprint density at radius 2 is 1.72 bits per heavy atom. The third-order valence-electron chi connectivity index (χ3n) is 2.76. The van der Waals surface area contributed by atoms with Crippen LogP contribution in [-0.4, -0.2) is 23.3 Å². The van der Waals surface area contributed by atoms with Gasteiger partial charge in [-0.2, -0.15) is 0 Å². The van der Waals surface area contributed by atoms with Gasteiger partial charge in [-0.1, -0.05) is 37.3 Å². The largest absolute Gasteiger partial charge is 0.299 e. The number of carbonyl (C=O) groups is 1. The van der Waals surface area contributed by atoms with Gasteiger partial charge in [-0.3, -0.25) is 9.00 Å². The molecule has 0 aliphatic carbocycles. The monoisotopic (exact) mass is 282 g/mol. The summed E-state index contributed by atoms with van der Waals surface area (Å²) in [7, 11) is -2.62. The third kappa shape index (κ3) is 4.50. The standard InChI is InChI=1S/C14H22O2SSi/c1-11-6-8-13(9-7-11)17(16)14(12(2)15)10-18(3,4)5/h6-9,14H,10H2,1-5H3/t14-,17-/m0/s1. The smallest absolute Gasteiger partial charge is 0.145 e. The third-order valence-corrected chi connectivity index (χ3v) is 6.44. The van der Waals surface area contributed by atoms with E-state index in [1.165, 1.54) is 0 Å². The second-order valence-electron chi connectivity index (χ2n) is 5.97. The predicted molar refractivity (Wildman–Crippen MR) is 80.2 cm³/mol. The van der Waals surface area contributed by atoms with Crippen LogP contribution in [-0.2, 0) is 15.6 Å². The number of hydrogen-bond acceptors (Lipinski definition) is 2. The highest BCUT2D eigenvalue weighted by molar-refractivity contribution is 7.86. The predicted octanol–water partition coefficient (Wildman–Crippen LogP) is 3.40. The van der Waals surface area contributed by atoms with Crippen LogP contribution in [0, 0.1) is 6.92 Å². The molecule has 0 aliphatic rings. The molecule has 0 amide bonds. The molecule has 18 heavy (non-hydrogen) atoms. The van der Waals surface area contributed by atoms with Crippen LogP contribution in [0.1, 0.15) is 12.5 Å². The summed E-state index contributed by atoms with van der Waals surface area (Å²) in [4.78, 5) is 12.5. The van der Waals surface area contributed by atoms with Crippen LogP contribution in [0.4, 0.5) is 0 Å². The lowest BCUT2D eigenvalue weighted by atomic mass is 10.2. The van der Waals surface area contributed by atoms with Crippen molar-refractivity contribution in [2.24, 2.45) is 0 Å². The minimum atomic E-state index is -1.40. The highest BCUT2D eigenvalue weighted by Crippen LogP contribution is 2.21. The highest BCUT2D eigenvalue weighted by atomic mass is 32.2.